The van der Waals surface area contributed by atoms with Crippen molar-refractivity contribution in [2.75, 3.05) is 0 Å². The molecule has 0 aliphatic rings. The third kappa shape index (κ3) is 2.65. The van der Waals surface area contributed by atoms with E-state index in [2.05, 4.69) is 35.1 Å². The summed E-state index contributed by atoms with van der Waals surface area (Å²) in [7, 11) is 0. The maximum absolute atomic E-state index is 13.5. The molecule has 0 saturated heterocycles. The fourth-order valence-corrected chi connectivity index (χ4v) is 4.07. The van der Waals surface area contributed by atoms with Gasteiger partial charge in [-0.05, 0) is 24.3 Å². The van der Waals surface area contributed by atoms with Crippen molar-refractivity contribution in [2.24, 2.45) is 0 Å². The second kappa shape index (κ2) is 6.49. The molecule has 8 nitrogen and oxygen atoms in total. The van der Waals surface area contributed by atoms with E-state index in [4.69, 9.17) is 4.98 Å². The second-order valence-electron chi connectivity index (χ2n) is 6.53. The van der Waals surface area contributed by atoms with Gasteiger partial charge in [0, 0.05) is 30.4 Å². The predicted octanol–water partition coefficient (Wildman–Crippen LogP) is 4.22. The van der Waals surface area contributed by atoms with Gasteiger partial charge in [0.2, 0.25) is 0 Å². The number of thiophene rings is 1. The van der Waals surface area contributed by atoms with Crippen molar-refractivity contribution in [2.45, 2.75) is 0 Å². The zero-order chi connectivity index (χ0) is 20.1. The Morgan fingerprint density at radius 2 is 1.93 bits per heavy atom. The molecule has 0 saturated carbocycles. The molecule has 144 valence electrons. The van der Waals surface area contributed by atoms with Crippen LogP contribution in [-0.4, -0.2) is 40.1 Å². The number of nitrogens with zero attached hydrogens (tertiary/aromatic N) is 6. The summed E-state index contributed by atoms with van der Waals surface area (Å²) < 4.78 is 13.5. The van der Waals surface area contributed by atoms with Crippen molar-refractivity contribution in [3.8, 4) is 33.3 Å². The van der Waals surface area contributed by atoms with Gasteiger partial charge in [0.1, 0.15) is 16.9 Å². The summed E-state index contributed by atoms with van der Waals surface area (Å²) in [5.41, 5.74) is 4.89. The van der Waals surface area contributed by atoms with Crippen LogP contribution in [0.5, 0.6) is 0 Å². The van der Waals surface area contributed by atoms with E-state index in [1.165, 1.54) is 6.07 Å². The van der Waals surface area contributed by atoms with E-state index < -0.39 is 0 Å². The first-order valence-electron chi connectivity index (χ1n) is 8.97. The Hall–Kier alpha value is -4.05. The third-order valence-corrected chi connectivity index (χ3v) is 5.59. The number of halogens is 1. The Morgan fingerprint density at radius 3 is 2.77 bits per heavy atom. The Labute approximate surface area is 171 Å². The van der Waals surface area contributed by atoms with Crippen molar-refractivity contribution >= 4 is 33.4 Å². The monoisotopic (exact) mass is 414 g/mol. The molecule has 0 spiro atoms. The fraction of sp³-hybridized carbons (Fsp3) is 0. The van der Waals surface area contributed by atoms with Crippen LogP contribution in [0.15, 0.2) is 55.2 Å². The van der Waals surface area contributed by atoms with Gasteiger partial charge in [-0.15, -0.1) is 11.3 Å². The number of pyridine rings is 2. The number of nitrogens with one attached hydrogen (secondary N) is 2. The van der Waals surface area contributed by atoms with Crippen LogP contribution >= 0.6 is 11.3 Å². The summed E-state index contributed by atoms with van der Waals surface area (Å²) in [4.78, 5) is 26.0. The number of rotatable bonds is 3. The molecule has 6 rings (SSSR count). The smallest absolute Gasteiger partial charge is 0.181 e. The zero-order valence-corrected chi connectivity index (χ0v) is 16.0. The highest BCUT2D eigenvalue weighted by atomic mass is 32.1. The van der Waals surface area contributed by atoms with Gasteiger partial charge in [0.15, 0.2) is 16.6 Å². The lowest BCUT2D eigenvalue weighted by Gasteiger charge is -1.99. The summed E-state index contributed by atoms with van der Waals surface area (Å²) in [6, 6.07) is 6.92. The molecular formula is C20H11FN8S. The first-order chi connectivity index (χ1) is 14.8. The molecule has 0 aromatic carbocycles. The highest BCUT2D eigenvalue weighted by molar-refractivity contribution is 7.13. The summed E-state index contributed by atoms with van der Waals surface area (Å²) in [6.45, 7) is 0. The van der Waals surface area contributed by atoms with Gasteiger partial charge in [0.05, 0.1) is 27.7 Å². The largest absolute Gasteiger partial charge is 0.337 e. The van der Waals surface area contributed by atoms with Crippen LogP contribution in [0.1, 0.15) is 0 Å². The lowest BCUT2D eigenvalue weighted by molar-refractivity contribution is 0.657. The maximum Gasteiger partial charge on any atom is 0.181 e. The van der Waals surface area contributed by atoms with Crippen molar-refractivity contribution < 1.29 is 4.39 Å². The molecule has 0 fully saturated rings. The minimum Gasteiger partial charge on any atom is -0.337 e. The van der Waals surface area contributed by atoms with Gasteiger partial charge in [-0.2, -0.15) is 9.49 Å². The van der Waals surface area contributed by atoms with Crippen LogP contribution in [0.3, 0.4) is 0 Å². The summed E-state index contributed by atoms with van der Waals surface area (Å²) in [6.07, 6.45) is 8.33. The molecule has 10 heteroatoms. The predicted molar refractivity (Wildman–Crippen MR) is 111 cm³/mol. The molecule has 6 aromatic heterocycles. The van der Waals surface area contributed by atoms with Gasteiger partial charge >= 0.3 is 0 Å². The molecule has 6 heterocycles. The Balaban J connectivity index is 1.52. The molecule has 2 N–H and O–H groups in total. The lowest BCUT2D eigenvalue weighted by atomic mass is 10.1. The normalized spacial score (nSPS) is 11.5. The fourth-order valence-electron chi connectivity index (χ4n) is 3.34. The number of aromatic amines is 2. The summed E-state index contributed by atoms with van der Waals surface area (Å²) in [5, 5.41) is 7.84. The van der Waals surface area contributed by atoms with E-state index in [9.17, 15) is 4.39 Å². The van der Waals surface area contributed by atoms with Crippen LogP contribution in [-0.2, 0) is 0 Å². The number of imidazole rings is 1. The molecule has 0 bridgehead atoms. The van der Waals surface area contributed by atoms with Gasteiger partial charge < -0.3 is 4.98 Å². The Bertz CT molecular complexity index is 1520. The van der Waals surface area contributed by atoms with E-state index in [0.717, 1.165) is 38.4 Å². The average molecular weight is 414 g/mol. The number of fused-ring (bicyclic) bond motifs is 2. The van der Waals surface area contributed by atoms with Gasteiger partial charge in [0.25, 0.3) is 0 Å². The minimum absolute atomic E-state index is 0.262. The van der Waals surface area contributed by atoms with E-state index in [1.807, 2.05) is 12.1 Å². The van der Waals surface area contributed by atoms with Crippen LogP contribution in [0.25, 0.3) is 55.4 Å². The van der Waals surface area contributed by atoms with E-state index in [0.29, 0.717) is 28.4 Å². The molecule has 0 unspecified atom stereocenters. The van der Waals surface area contributed by atoms with Gasteiger partial charge in [-0.3, -0.25) is 20.1 Å². The zero-order valence-electron chi connectivity index (χ0n) is 15.2. The molecule has 6 aromatic rings. The number of hydrogen-bond donors (Lipinski definition) is 2. The first kappa shape index (κ1) is 16.9. The number of hydrogen-bond acceptors (Lipinski definition) is 7. The molecule has 0 radical (unpaired) electrons. The average Bonchev–Trinajstić information content (AvgIpc) is 3.51. The van der Waals surface area contributed by atoms with Crippen LogP contribution in [0.4, 0.5) is 4.39 Å². The Kier molecular flexibility index (Phi) is 3.65. The van der Waals surface area contributed by atoms with Crippen molar-refractivity contribution in [1.82, 2.24) is 40.1 Å². The minimum atomic E-state index is -0.262. The molecular weight excluding hydrogens is 403 g/mol. The quantitative estimate of drug-likeness (QED) is 0.449. The van der Waals surface area contributed by atoms with Crippen molar-refractivity contribution in [3.63, 3.8) is 0 Å². The standard InChI is InChI=1S/C20H11FN8S/c21-15-2-1-14(30-15)18-17-12(3-4-24-18)26-20(27-17)16-11-7-10(8-25-19(11)29-28-16)13-9-22-5-6-23-13/h1-9H,(H,26,27)(H,25,28,29). The van der Waals surface area contributed by atoms with E-state index >= 15 is 0 Å². The first-order valence-corrected chi connectivity index (χ1v) is 9.79. The maximum atomic E-state index is 13.5. The topological polar surface area (TPSA) is 109 Å². The second-order valence-corrected chi connectivity index (χ2v) is 7.56. The summed E-state index contributed by atoms with van der Waals surface area (Å²) >= 11 is 1.04. The van der Waals surface area contributed by atoms with Crippen LogP contribution < -0.4 is 0 Å². The van der Waals surface area contributed by atoms with Gasteiger partial charge in [-0.1, -0.05) is 0 Å². The molecule has 0 aliphatic carbocycles. The number of H-pyrrole nitrogens is 2. The van der Waals surface area contributed by atoms with Crippen LogP contribution in [0, 0.1) is 5.13 Å². The molecule has 30 heavy (non-hydrogen) atoms. The molecule has 0 aliphatic heterocycles. The number of aromatic nitrogens is 8. The molecule has 0 amide bonds. The highest BCUT2D eigenvalue weighted by Crippen LogP contribution is 2.33. The van der Waals surface area contributed by atoms with Gasteiger partial charge in [-0.25, -0.2) is 9.97 Å². The van der Waals surface area contributed by atoms with E-state index in [1.54, 1.807) is 37.1 Å². The third-order valence-electron chi connectivity index (χ3n) is 4.71. The Morgan fingerprint density at radius 1 is 0.967 bits per heavy atom. The lowest BCUT2D eigenvalue weighted by Crippen LogP contribution is -1.87. The van der Waals surface area contributed by atoms with Crippen molar-refractivity contribution in [3.05, 3.63) is 60.4 Å². The SMILES string of the molecule is Fc1ccc(-c2nccc3[nH]c(-c4[nH]nc5ncc(-c6cnccn6)cc45)nc23)s1. The van der Waals surface area contributed by atoms with E-state index in [-0.39, 0.29) is 5.13 Å². The molecule has 0 atom stereocenters. The highest BCUT2D eigenvalue weighted by Gasteiger charge is 2.17. The van der Waals surface area contributed by atoms with Crippen molar-refractivity contribution in [1.29, 1.82) is 0 Å². The van der Waals surface area contributed by atoms with Crippen LogP contribution in [0.2, 0.25) is 0 Å². The summed E-state index contributed by atoms with van der Waals surface area (Å²) in [5.74, 6) is 0.594.